The minimum atomic E-state index is -0.755. The van der Waals surface area contributed by atoms with Crippen LogP contribution in [-0.4, -0.2) is 29.0 Å². The van der Waals surface area contributed by atoms with Gasteiger partial charge in [-0.05, 0) is 48.5 Å². The second-order valence-corrected chi connectivity index (χ2v) is 6.41. The molecule has 9 heteroatoms. The molecule has 2 amide bonds. The molecule has 0 unspecified atom stereocenters. The predicted octanol–water partition coefficient (Wildman–Crippen LogP) is 2.95. The largest absolute Gasteiger partial charge is 0.508 e. The topological polar surface area (TPSA) is 127 Å². The van der Waals surface area contributed by atoms with E-state index in [0.29, 0.717) is 16.4 Å². The van der Waals surface area contributed by atoms with Crippen LogP contribution in [0.2, 0.25) is 0 Å². The van der Waals surface area contributed by atoms with E-state index < -0.39 is 11.8 Å². The van der Waals surface area contributed by atoms with Crippen LogP contribution in [0.1, 0.15) is 20.8 Å². The standard InChI is InChI=1S/C18H16N4O4S/c1-26-13-8-4-11(5-9-13)20-18-21-14(15(19)24)17(27-18)22-16(25)10-2-6-12(23)7-3-10/h2-9,23H,1H3,(H2,19,24)(H,20,21)(H,22,25). The number of ether oxygens (including phenoxy) is 1. The van der Waals surface area contributed by atoms with Gasteiger partial charge in [0.2, 0.25) is 0 Å². The molecule has 0 spiro atoms. The van der Waals surface area contributed by atoms with Crippen molar-refractivity contribution >= 4 is 39.0 Å². The molecule has 1 heterocycles. The highest BCUT2D eigenvalue weighted by Gasteiger charge is 2.19. The van der Waals surface area contributed by atoms with Crippen LogP contribution in [0.15, 0.2) is 48.5 Å². The Morgan fingerprint density at radius 2 is 1.78 bits per heavy atom. The van der Waals surface area contributed by atoms with Crippen molar-refractivity contribution in [3.05, 3.63) is 59.8 Å². The molecule has 0 saturated carbocycles. The number of phenolic OH excluding ortho intramolecular Hbond substituents is 1. The smallest absolute Gasteiger partial charge is 0.270 e. The van der Waals surface area contributed by atoms with E-state index in [2.05, 4.69) is 15.6 Å². The maximum Gasteiger partial charge on any atom is 0.270 e. The number of carbonyl (C=O) groups is 2. The number of thiazole rings is 1. The second-order valence-electron chi connectivity index (χ2n) is 5.42. The molecule has 0 bridgehead atoms. The Morgan fingerprint density at radius 3 is 2.37 bits per heavy atom. The highest BCUT2D eigenvalue weighted by Crippen LogP contribution is 2.31. The molecule has 5 N–H and O–H groups in total. The second kappa shape index (κ2) is 7.75. The van der Waals surface area contributed by atoms with Crippen molar-refractivity contribution in [1.29, 1.82) is 0 Å². The Balaban J connectivity index is 1.81. The number of rotatable bonds is 6. The summed E-state index contributed by atoms with van der Waals surface area (Å²) in [5.41, 5.74) is 6.39. The Labute approximate surface area is 158 Å². The maximum atomic E-state index is 12.3. The molecule has 1 aromatic heterocycles. The van der Waals surface area contributed by atoms with Gasteiger partial charge in [-0.2, -0.15) is 0 Å². The molecular weight excluding hydrogens is 368 g/mol. The summed E-state index contributed by atoms with van der Waals surface area (Å²) >= 11 is 1.08. The third-order valence-corrected chi connectivity index (χ3v) is 4.44. The van der Waals surface area contributed by atoms with E-state index in [-0.39, 0.29) is 16.4 Å². The Kier molecular flexibility index (Phi) is 5.23. The molecule has 138 valence electrons. The first-order chi connectivity index (χ1) is 13.0. The molecule has 0 fully saturated rings. The number of aromatic nitrogens is 1. The van der Waals surface area contributed by atoms with Crippen molar-refractivity contribution in [2.24, 2.45) is 5.73 Å². The zero-order valence-electron chi connectivity index (χ0n) is 14.2. The first kappa shape index (κ1) is 18.2. The minimum absolute atomic E-state index is 0.0388. The van der Waals surface area contributed by atoms with Crippen LogP contribution in [0.25, 0.3) is 0 Å². The van der Waals surface area contributed by atoms with E-state index >= 15 is 0 Å². The molecule has 3 aromatic rings. The van der Waals surface area contributed by atoms with Crippen LogP contribution in [-0.2, 0) is 0 Å². The van der Waals surface area contributed by atoms with Gasteiger partial charge in [0.15, 0.2) is 10.8 Å². The van der Waals surface area contributed by atoms with Crippen LogP contribution in [0.5, 0.6) is 11.5 Å². The number of hydrogen-bond acceptors (Lipinski definition) is 7. The summed E-state index contributed by atoms with van der Waals surface area (Å²) in [4.78, 5) is 28.2. The number of carbonyl (C=O) groups excluding carboxylic acids is 2. The van der Waals surface area contributed by atoms with Crippen molar-refractivity contribution in [2.75, 3.05) is 17.7 Å². The molecule has 0 aliphatic heterocycles. The normalized spacial score (nSPS) is 10.3. The molecule has 2 aromatic carbocycles. The molecule has 3 rings (SSSR count). The fourth-order valence-corrected chi connectivity index (χ4v) is 3.10. The zero-order valence-corrected chi connectivity index (χ0v) is 15.0. The summed E-state index contributed by atoms with van der Waals surface area (Å²) < 4.78 is 5.10. The lowest BCUT2D eigenvalue weighted by molar-refractivity contribution is 0.0997. The van der Waals surface area contributed by atoms with E-state index in [9.17, 15) is 14.7 Å². The Morgan fingerprint density at radius 1 is 1.11 bits per heavy atom. The van der Waals surface area contributed by atoms with E-state index in [1.165, 1.54) is 24.3 Å². The Hall–Kier alpha value is -3.59. The number of amides is 2. The summed E-state index contributed by atoms with van der Waals surface area (Å²) in [6.07, 6.45) is 0. The highest BCUT2D eigenvalue weighted by molar-refractivity contribution is 7.20. The minimum Gasteiger partial charge on any atom is -0.508 e. The molecule has 0 aliphatic carbocycles. The van der Waals surface area contributed by atoms with Gasteiger partial charge in [0.05, 0.1) is 7.11 Å². The van der Waals surface area contributed by atoms with Crippen LogP contribution in [0.4, 0.5) is 15.8 Å². The molecular formula is C18H16N4O4S. The van der Waals surface area contributed by atoms with Crippen LogP contribution >= 0.6 is 11.3 Å². The summed E-state index contributed by atoms with van der Waals surface area (Å²) in [5, 5.41) is 15.6. The molecule has 27 heavy (non-hydrogen) atoms. The van der Waals surface area contributed by atoms with Crippen molar-refractivity contribution < 1.29 is 19.4 Å². The van der Waals surface area contributed by atoms with Gasteiger partial charge in [0.25, 0.3) is 11.8 Å². The number of anilines is 3. The predicted molar refractivity (Wildman–Crippen MR) is 103 cm³/mol. The van der Waals surface area contributed by atoms with Crippen molar-refractivity contribution in [3.63, 3.8) is 0 Å². The molecule has 0 radical (unpaired) electrons. The number of primary amides is 1. The molecule has 8 nitrogen and oxygen atoms in total. The third-order valence-electron chi connectivity index (χ3n) is 3.56. The summed E-state index contributed by atoms with van der Waals surface area (Å²) in [6, 6.07) is 12.9. The van der Waals surface area contributed by atoms with Crippen LogP contribution < -0.4 is 21.1 Å². The lowest BCUT2D eigenvalue weighted by Gasteiger charge is -2.04. The first-order valence-electron chi connectivity index (χ1n) is 7.78. The quantitative estimate of drug-likeness (QED) is 0.517. The Bertz CT molecular complexity index is 968. The van der Waals surface area contributed by atoms with E-state index in [1.807, 2.05) is 0 Å². The lowest BCUT2D eigenvalue weighted by Crippen LogP contribution is -2.17. The molecule has 0 atom stereocenters. The number of phenols is 1. The average Bonchev–Trinajstić information content (AvgIpc) is 3.05. The number of nitrogens with two attached hydrogens (primary N) is 1. The van der Waals surface area contributed by atoms with Gasteiger partial charge in [-0.3, -0.25) is 9.59 Å². The van der Waals surface area contributed by atoms with Crippen LogP contribution in [0.3, 0.4) is 0 Å². The maximum absolute atomic E-state index is 12.3. The number of methoxy groups -OCH3 is 1. The zero-order chi connectivity index (χ0) is 19.4. The van der Waals surface area contributed by atoms with Gasteiger partial charge >= 0.3 is 0 Å². The third kappa shape index (κ3) is 4.33. The number of benzene rings is 2. The van der Waals surface area contributed by atoms with E-state index in [4.69, 9.17) is 10.5 Å². The summed E-state index contributed by atoms with van der Waals surface area (Å²) in [7, 11) is 1.57. The van der Waals surface area contributed by atoms with Gasteiger partial charge in [-0.1, -0.05) is 11.3 Å². The number of hydrogen-bond donors (Lipinski definition) is 4. The van der Waals surface area contributed by atoms with E-state index in [0.717, 1.165) is 17.0 Å². The van der Waals surface area contributed by atoms with Crippen molar-refractivity contribution in [1.82, 2.24) is 4.98 Å². The fourth-order valence-electron chi connectivity index (χ4n) is 2.21. The van der Waals surface area contributed by atoms with Gasteiger partial charge in [-0.25, -0.2) is 4.98 Å². The highest BCUT2D eigenvalue weighted by atomic mass is 32.1. The average molecular weight is 384 g/mol. The van der Waals surface area contributed by atoms with Crippen molar-refractivity contribution in [3.8, 4) is 11.5 Å². The summed E-state index contributed by atoms with van der Waals surface area (Å²) in [5.74, 6) is -0.445. The number of nitrogens with one attached hydrogen (secondary N) is 2. The van der Waals surface area contributed by atoms with Gasteiger partial charge in [0, 0.05) is 11.3 Å². The fraction of sp³-hybridized carbons (Fsp3) is 0.0556. The van der Waals surface area contributed by atoms with Gasteiger partial charge in [0.1, 0.15) is 16.5 Å². The summed E-state index contributed by atoms with van der Waals surface area (Å²) in [6.45, 7) is 0. The van der Waals surface area contributed by atoms with Crippen molar-refractivity contribution in [2.45, 2.75) is 0 Å². The van der Waals surface area contributed by atoms with Gasteiger partial charge < -0.3 is 26.2 Å². The first-order valence-corrected chi connectivity index (χ1v) is 8.60. The SMILES string of the molecule is COc1ccc(Nc2nc(C(N)=O)c(NC(=O)c3ccc(O)cc3)s2)cc1. The number of aromatic hydroxyl groups is 1. The monoisotopic (exact) mass is 384 g/mol. The van der Waals surface area contributed by atoms with Crippen LogP contribution in [0, 0.1) is 0 Å². The lowest BCUT2D eigenvalue weighted by atomic mass is 10.2. The van der Waals surface area contributed by atoms with E-state index in [1.54, 1.807) is 31.4 Å². The van der Waals surface area contributed by atoms with Gasteiger partial charge in [-0.15, -0.1) is 0 Å². The number of nitrogens with zero attached hydrogens (tertiary/aromatic N) is 1. The molecule has 0 aliphatic rings. The molecule has 0 saturated heterocycles.